The standard InChI is InChI=1S/C18H18ClN3O/c1-13(22(2)12-15-6-3-7-16(19)9-15)18(23)21-17-8-4-5-14(10-17)11-20/h3-10,13H,12H2,1-2H3,(H,21,23)/p+1/t13-/m0/s1. The van der Waals surface area contributed by atoms with Crippen LogP contribution in [0.5, 0.6) is 0 Å². The van der Waals surface area contributed by atoms with Crippen molar-refractivity contribution in [2.24, 2.45) is 0 Å². The molecule has 0 saturated heterocycles. The van der Waals surface area contributed by atoms with E-state index in [-0.39, 0.29) is 11.9 Å². The lowest BCUT2D eigenvalue weighted by Gasteiger charge is -2.21. The van der Waals surface area contributed by atoms with E-state index in [0.29, 0.717) is 22.8 Å². The zero-order valence-corrected chi connectivity index (χ0v) is 13.9. The van der Waals surface area contributed by atoms with Gasteiger partial charge < -0.3 is 10.2 Å². The number of quaternary nitrogens is 1. The van der Waals surface area contributed by atoms with E-state index in [9.17, 15) is 4.79 Å². The molecule has 0 aliphatic heterocycles. The van der Waals surface area contributed by atoms with Gasteiger partial charge in [0.1, 0.15) is 6.54 Å². The van der Waals surface area contributed by atoms with Crippen LogP contribution in [-0.2, 0) is 11.3 Å². The third-order valence-electron chi connectivity index (χ3n) is 3.76. The number of rotatable bonds is 5. The Morgan fingerprint density at radius 3 is 2.74 bits per heavy atom. The number of nitriles is 1. The average molecular weight is 329 g/mol. The van der Waals surface area contributed by atoms with Crippen LogP contribution in [0.1, 0.15) is 18.1 Å². The van der Waals surface area contributed by atoms with Gasteiger partial charge >= 0.3 is 0 Å². The molecule has 0 aliphatic rings. The fourth-order valence-electron chi connectivity index (χ4n) is 2.26. The van der Waals surface area contributed by atoms with E-state index < -0.39 is 0 Å². The lowest BCUT2D eigenvalue weighted by Crippen LogP contribution is -3.12. The first-order chi connectivity index (χ1) is 11.0. The molecule has 1 unspecified atom stereocenters. The van der Waals surface area contributed by atoms with Gasteiger partial charge in [0.05, 0.1) is 18.7 Å². The van der Waals surface area contributed by atoms with Gasteiger partial charge in [0.25, 0.3) is 5.91 Å². The van der Waals surface area contributed by atoms with Crippen LogP contribution in [0.3, 0.4) is 0 Å². The van der Waals surface area contributed by atoms with Crippen molar-refractivity contribution in [2.75, 3.05) is 12.4 Å². The van der Waals surface area contributed by atoms with E-state index in [1.165, 1.54) is 0 Å². The molecule has 0 saturated carbocycles. The zero-order chi connectivity index (χ0) is 16.8. The van der Waals surface area contributed by atoms with Crippen molar-refractivity contribution in [1.82, 2.24) is 0 Å². The van der Waals surface area contributed by atoms with Gasteiger partial charge in [0, 0.05) is 16.3 Å². The average Bonchev–Trinajstić information content (AvgIpc) is 2.54. The minimum absolute atomic E-state index is 0.0837. The molecule has 2 atom stereocenters. The Balaban J connectivity index is 1.99. The second-order valence-electron chi connectivity index (χ2n) is 5.56. The summed E-state index contributed by atoms with van der Waals surface area (Å²) in [5, 5.41) is 12.5. The largest absolute Gasteiger partial charge is 0.324 e. The lowest BCUT2D eigenvalue weighted by molar-refractivity contribution is -0.907. The predicted octanol–water partition coefficient (Wildman–Crippen LogP) is 2.25. The molecule has 0 heterocycles. The van der Waals surface area contributed by atoms with Crippen molar-refractivity contribution in [3.05, 3.63) is 64.7 Å². The Hall–Kier alpha value is -2.35. The van der Waals surface area contributed by atoms with Crippen LogP contribution in [-0.4, -0.2) is 19.0 Å². The molecule has 1 amide bonds. The van der Waals surface area contributed by atoms with Crippen LogP contribution in [0.4, 0.5) is 5.69 Å². The van der Waals surface area contributed by atoms with Crippen LogP contribution in [0, 0.1) is 11.3 Å². The van der Waals surface area contributed by atoms with Crippen molar-refractivity contribution >= 4 is 23.2 Å². The highest BCUT2D eigenvalue weighted by molar-refractivity contribution is 6.30. The summed E-state index contributed by atoms with van der Waals surface area (Å²) in [4.78, 5) is 13.4. The molecule has 0 aromatic heterocycles. The monoisotopic (exact) mass is 328 g/mol. The van der Waals surface area contributed by atoms with E-state index >= 15 is 0 Å². The summed E-state index contributed by atoms with van der Waals surface area (Å²) < 4.78 is 0. The number of halogens is 1. The number of hydrogen-bond acceptors (Lipinski definition) is 2. The summed E-state index contributed by atoms with van der Waals surface area (Å²) in [6, 6.07) is 16.4. The number of carbonyl (C=O) groups is 1. The molecule has 4 nitrogen and oxygen atoms in total. The maximum Gasteiger partial charge on any atom is 0.282 e. The Kier molecular flexibility index (Phi) is 5.75. The minimum Gasteiger partial charge on any atom is -0.324 e. The number of hydrogen-bond donors (Lipinski definition) is 2. The minimum atomic E-state index is -0.236. The van der Waals surface area contributed by atoms with Gasteiger partial charge in [-0.2, -0.15) is 5.26 Å². The number of likely N-dealkylation sites (N-methyl/N-ethyl adjacent to an activating group) is 1. The van der Waals surface area contributed by atoms with Gasteiger partial charge in [-0.05, 0) is 37.3 Å². The van der Waals surface area contributed by atoms with Crippen molar-refractivity contribution in [2.45, 2.75) is 19.5 Å². The first kappa shape index (κ1) is 17.0. The number of nitrogens with one attached hydrogen (secondary N) is 2. The molecule has 0 fully saturated rings. The highest BCUT2D eigenvalue weighted by atomic mass is 35.5. The molecule has 118 valence electrons. The molecular weight excluding hydrogens is 310 g/mol. The quantitative estimate of drug-likeness (QED) is 0.884. The Labute approximate surface area is 141 Å². The Morgan fingerprint density at radius 1 is 1.30 bits per heavy atom. The molecular formula is C18H19ClN3O+. The normalized spacial score (nSPS) is 13.0. The summed E-state index contributed by atoms with van der Waals surface area (Å²) in [5.74, 6) is -0.0837. The fraction of sp³-hybridized carbons (Fsp3) is 0.222. The molecule has 0 spiro atoms. The molecule has 5 heteroatoms. The lowest BCUT2D eigenvalue weighted by atomic mass is 10.1. The smallest absolute Gasteiger partial charge is 0.282 e. The second kappa shape index (κ2) is 7.77. The second-order valence-corrected chi connectivity index (χ2v) is 5.99. The van der Waals surface area contributed by atoms with Gasteiger partial charge in [0.2, 0.25) is 0 Å². The third-order valence-corrected chi connectivity index (χ3v) is 4.00. The topological polar surface area (TPSA) is 57.3 Å². The Morgan fingerprint density at radius 2 is 2.04 bits per heavy atom. The van der Waals surface area contributed by atoms with E-state index in [4.69, 9.17) is 16.9 Å². The van der Waals surface area contributed by atoms with E-state index in [1.807, 2.05) is 38.2 Å². The van der Waals surface area contributed by atoms with Crippen molar-refractivity contribution in [3.63, 3.8) is 0 Å². The summed E-state index contributed by atoms with van der Waals surface area (Å²) in [6.07, 6.45) is 0. The van der Waals surface area contributed by atoms with Crippen LogP contribution in [0.25, 0.3) is 0 Å². The van der Waals surface area contributed by atoms with Crippen LogP contribution in [0.2, 0.25) is 5.02 Å². The summed E-state index contributed by atoms with van der Waals surface area (Å²) >= 11 is 5.99. The molecule has 0 radical (unpaired) electrons. The number of anilines is 1. The van der Waals surface area contributed by atoms with E-state index in [1.54, 1.807) is 24.3 Å². The zero-order valence-electron chi connectivity index (χ0n) is 13.1. The van der Waals surface area contributed by atoms with Crippen molar-refractivity contribution in [1.29, 1.82) is 5.26 Å². The number of amides is 1. The summed E-state index contributed by atoms with van der Waals surface area (Å²) in [7, 11) is 1.97. The summed E-state index contributed by atoms with van der Waals surface area (Å²) in [6.45, 7) is 2.58. The SMILES string of the molecule is C[C@@H](C(=O)Nc1cccc(C#N)c1)[NH+](C)Cc1cccc(Cl)c1. The van der Waals surface area contributed by atoms with Gasteiger partial charge in [0.15, 0.2) is 6.04 Å². The number of carbonyl (C=O) groups excluding carboxylic acids is 1. The molecule has 23 heavy (non-hydrogen) atoms. The highest BCUT2D eigenvalue weighted by Crippen LogP contribution is 2.11. The molecule has 2 N–H and O–H groups in total. The summed E-state index contributed by atoms with van der Waals surface area (Å²) in [5.41, 5.74) is 2.24. The van der Waals surface area contributed by atoms with Crippen molar-refractivity contribution in [3.8, 4) is 6.07 Å². The molecule has 2 rings (SSSR count). The van der Waals surface area contributed by atoms with Gasteiger partial charge in [-0.25, -0.2) is 0 Å². The Bertz CT molecular complexity index is 739. The number of benzene rings is 2. The van der Waals surface area contributed by atoms with Gasteiger partial charge in [-0.3, -0.25) is 4.79 Å². The van der Waals surface area contributed by atoms with E-state index in [0.717, 1.165) is 10.5 Å². The van der Waals surface area contributed by atoms with Gasteiger partial charge in [-0.15, -0.1) is 0 Å². The van der Waals surface area contributed by atoms with Crippen LogP contribution < -0.4 is 10.2 Å². The first-order valence-corrected chi connectivity index (χ1v) is 7.75. The molecule has 0 bridgehead atoms. The van der Waals surface area contributed by atoms with Gasteiger partial charge in [-0.1, -0.05) is 29.8 Å². The third kappa shape index (κ3) is 4.82. The maximum absolute atomic E-state index is 12.4. The highest BCUT2D eigenvalue weighted by Gasteiger charge is 2.22. The maximum atomic E-state index is 12.4. The van der Waals surface area contributed by atoms with Crippen LogP contribution >= 0.6 is 11.6 Å². The fourth-order valence-corrected chi connectivity index (χ4v) is 2.48. The predicted molar refractivity (Wildman–Crippen MR) is 91.3 cm³/mol. The first-order valence-electron chi connectivity index (χ1n) is 7.37. The molecule has 2 aromatic carbocycles. The van der Waals surface area contributed by atoms with Crippen molar-refractivity contribution < 1.29 is 9.69 Å². The van der Waals surface area contributed by atoms with E-state index in [2.05, 4.69) is 11.4 Å². The molecule has 0 aliphatic carbocycles. The van der Waals surface area contributed by atoms with Crippen LogP contribution in [0.15, 0.2) is 48.5 Å². The molecule has 2 aromatic rings. The number of nitrogens with zero attached hydrogens (tertiary/aromatic N) is 1.